The van der Waals surface area contributed by atoms with Gasteiger partial charge in [-0.2, -0.15) is 8.42 Å². The van der Waals surface area contributed by atoms with Gasteiger partial charge in [-0.05, 0) is 35.4 Å². The topological polar surface area (TPSA) is 140 Å². The number of benzene rings is 2. The Kier molecular flexibility index (Phi) is 4.21. The summed E-state index contributed by atoms with van der Waals surface area (Å²) in [4.78, 5) is 12.6. The van der Waals surface area contributed by atoms with Crippen molar-refractivity contribution < 1.29 is 26.7 Å². The Labute approximate surface area is 142 Å². The van der Waals surface area contributed by atoms with Crippen LogP contribution in [0.2, 0.25) is 0 Å². The molecular weight excluding hydrogens is 350 g/mol. The van der Waals surface area contributed by atoms with Gasteiger partial charge in [0.25, 0.3) is 0 Å². The molecule has 3 aromatic rings. The molecule has 0 radical (unpaired) electrons. The normalized spacial score (nSPS) is 11.6. The highest BCUT2D eigenvalue weighted by Gasteiger charge is 2.14. The third kappa shape index (κ3) is 3.48. The number of aliphatic hydroxyl groups is 1. The lowest BCUT2D eigenvalue weighted by atomic mass is 10.0. The second-order valence-electron chi connectivity index (χ2n) is 5.23. The number of hydrogen-bond donors (Lipinski definition) is 3. The van der Waals surface area contributed by atoms with Crippen LogP contribution in [0.5, 0.6) is 5.75 Å². The number of rotatable bonds is 4. The molecule has 0 saturated carbocycles. The van der Waals surface area contributed by atoms with Crippen molar-refractivity contribution in [2.24, 2.45) is 0 Å². The molecule has 1 aromatic heterocycles. The molecule has 0 aliphatic rings. The standard InChI is InChI=1S/C16H13NO7S/c17-13-6-10(2-4-14(13)24-25(20,21)22)12-8-23-15-5-9(7-18)1-3-11(15)16(12)19/h1-6,8,18H,7,17H2,(H,20,21,22). The van der Waals surface area contributed by atoms with Crippen molar-refractivity contribution in [2.45, 2.75) is 6.61 Å². The quantitative estimate of drug-likeness (QED) is 0.470. The van der Waals surface area contributed by atoms with Gasteiger partial charge in [0.05, 0.1) is 23.2 Å². The van der Waals surface area contributed by atoms with E-state index in [2.05, 4.69) is 4.18 Å². The van der Waals surface area contributed by atoms with Crippen LogP contribution >= 0.6 is 0 Å². The predicted molar refractivity (Wildman–Crippen MR) is 90.4 cm³/mol. The molecule has 0 spiro atoms. The van der Waals surface area contributed by atoms with Crippen LogP contribution in [-0.2, 0) is 17.0 Å². The monoisotopic (exact) mass is 363 g/mol. The van der Waals surface area contributed by atoms with Gasteiger partial charge in [0.15, 0.2) is 11.2 Å². The van der Waals surface area contributed by atoms with E-state index in [1.807, 2.05) is 0 Å². The van der Waals surface area contributed by atoms with Crippen LogP contribution in [0.25, 0.3) is 22.1 Å². The Morgan fingerprint density at radius 2 is 1.92 bits per heavy atom. The molecule has 0 fully saturated rings. The lowest BCUT2D eigenvalue weighted by Crippen LogP contribution is -2.09. The number of hydrogen-bond acceptors (Lipinski definition) is 7. The lowest BCUT2D eigenvalue weighted by Gasteiger charge is -2.08. The van der Waals surface area contributed by atoms with E-state index >= 15 is 0 Å². The molecule has 0 amide bonds. The average molecular weight is 363 g/mol. The van der Waals surface area contributed by atoms with Crippen LogP contribution in [0.3, 0.4) is 0 Å². The van der Waals surface area contributed by atoms with Gasteiger partial charge < -0.3 is 19.4 Å². The summed E-state index contributed by atoms with van der Waals surface area (Å²) in [6, 6.07) is 8.70. The first kappa shape index (κ1) is 17.0. The van der Waals surface area contributed by atoms with Gasteiger partial charge in [-0.1, -0.05) is 12.1 Å². The van der Waals surface area contributed by atoms with Gasteiger partial charge in [0.2, 0.25) is 0 Å². The van der Waals surface area contributed by atoms with Crippen LogP contribution < -0.4 is 15.3 Å². The zero-order chi connectivity index (χ0) is 18.2. The summed E-state index contributed by atoms with van der Waals surface area (Å²) in [5, 5.41) is 9.46. The summed E-state index contributed by atoms with van der Waals surface area (Å²) in [5.41, 5.74) is 6.87. The molecule has 0 aliphatic carbocycles. The highest BCUT2D eigenvalue weighted by atomic mass is 32.3. The van der Waals surface area contributed by atoms with Crippen LogP contribution in [0.4, 0.5) is 5.69 Å². The van der Waals surface area contributed by atoms with Crippen LogP contribution in [0, 0.1) is 0 Å². The molecule has 8 nitrogen and oxygen atoms in total. The highest BCUT2D eigenvalue weighted by Crippen LogP contribution is 2.29. The summed E-state index contributed by atoms with van der Waals surface area (Å²) in [6.45, 7) is -0.173. The molecule has 0 unspecified atom stereocenters. The van der Waals surface area contributed by atoms with E-state index in [1.54, 1.807) is 18.2 Å². The van der Waals surface area contributed by atoms with E-state index in [0.717, 1.165) is 0 Å². The highest BCUT2D eigenvalue weighted by molar-refractivity contribution is 7.81. The van der Waals surface area contributed by atoms with E-state index in [-0.39, 0.29) is 29.0 Å². The Balaban J connectivity index is 2.09. The second-order valence-corrected chi connectivity index (χ2v) is 6.25. The van der Waals surface area contributed by atoms with Crippen molar-refractivity contribution in [1.29, 1.82) is 0 Å². The molecule has 4 N–H and O–H groups in total. The van der Waals surface area contributed by atoms with Crippen LogP contribution in [0.1, 0.15) is 5.56 Å². The Morgan fingerprint density at radius 1 is 1.16 bits per heavy atom. The van der Waals surface area contributed by atoms with Crippen molar-refractivity contribution >= 4 is 27.1 Å². The maximum absolute atomic E-state index is 12.6. The zero-order valence-corrected chi connectivity index (χ0v) is 13.5. The van der Waals surface area contributed by atoms with Crippen LogP contribution in [0.15, 0.2) is 51.9 Å². The number of anilines is 1. The summed E-state index contributed by atoms with van der Waals surface area (Å²) in [5.74, 6) is -0.260. The van der Waals surface area contributed by atoms with Crippen molar-refractivity contribution in [2.75, 3.05) is 5.73 Å². The van der Waals surface area contributed by atoms with Gasteiger partial charge in [0.1, 0.15) is 11.8 Å². The first-order valence-corrected chi connectivity index (χ1v) is 8.37. The molecule has 0 atom stereocenters. The molecule has 2 aromatic carbocycles. The molecule has 0 bridgehead atoms. The number of nitrogens with two attached hydrogens (primary N) is 1. The van der Waals surface area contributed by atoms with Crippen molar-refractivity contribution in [3.8, 4) is 16.9 Å². The third-order valence-electron chi connectivity index (χ3n) is 3.54. The summed E-state index contributed by atoms with van der Waals surface area (Å²) in [6.07, 6.45) is 1.25. The minimum atomic E-state index is -4.70. The number of nitrogen functional groups attached to an aromatic ring is 1. The summed E-state index contributed by atoms with van der Waals surface area (Å²) < 4.78 is 40.0. The molecule has 3 rings (SSSR count). The maximum Gasteiger partial charge on any atom is 0.446 e. The Bertz CT molecular complexity index is 1120. The fourth-order valence-corrected chi connectivity index (χ4v) is 2.75. The van der Waals surface area contributed by atoms with Crippen molar-refractivity contribution in [3.63, 3.8) is 0 Å². The predicted octanol–water partition coefficient (Wildman–Crippen LogP) is 1.72. The van der Waals surface area contributed by atoms with E-state index in [9.17, 15) is 13.2 Å². The molecule has 1 heterocycles. The first-order chi connectivity index (χ1) is 11.8. The zero-order valence-electron chi connectivity index (χ0n) is 12.7. The third-order valence-corrected chi connectivity index (χ3v) is 3.93. The number of fused-ring (bicyclic) bond motifs is 1. The van der Waals surface area contributed by atoms with Gasteiger partial charge >= 0.3 is 10.4 Å². The van der Waals surface area contributed by atoms with E-state index < -0.39 is 10.4 Å². The minimum absolute atomic E-state index is 0.0785. The van der Waals surface area contributed by atoms with Gasteiger partial charge in [-0.25, -0.2) is 0 Å². The Morgan fingerprint density at radius 3 is 2.56 bits per heavy atom. The smallest absolute Gasteiger partial charge is 0.446 e. The largest absolute Gasteiger partial charge is 0.463 e. The van der Waals surface area contributed by atoms with E-state index in [0.29, 0.717) is 22.1 Å². The summed E-state index contributed by atoms with van der Waals surface area (Å²) in [7, 11) is -4.70. The number of aliphatic hydroxyl groups excluding tert-OH is 1. The molecule has 0 aliphatic heterocycles. The Hall–Kier alpha value is -2.88. The van der Waals surface area contributed by atoms with Gasteiger partial charge in [0, 0.05) is 0 Å². The summed E-state index contributed by atoms with van der Waals surface area (Å²) >= 11 is 0. The SMILES string of the molecule is Nc1cc(-c2coc3cc(CO)ccc3c2=O)ccc1OS(=O)(=O)O. The molecule has 0 saturated heterocycles. The van der Waals surface area contributed by atoms with Gasteiger partial charge in [-0.3, -0.25) is 9.35 Å². The fourth-order valence-electron chi connectivity index (χ4n) is 2.38. The molecule has 9 heteroatoms. The fraction of sp³-hybridized carbons (Fsp3) is 0.0625. The molecule has 130 valence electrons. The molecular formula is C16H13NO7S. The minimum Gasteiger partial charge on any atom is -0.463 e. The first-order valence-electron chi connectivity index (χ1n) is 7.00. The van der Waals surface area contributed by atoms with Crippen LogP contribution in [-0.4, -0.2) is 18.1 Å². The van der Waals surface area contributed by atoms with Crippen molar-refractivity contribution in [1.82, 2.24) is 0 Å². The lowest BCUT2D eigenvalue weighted by molar-refractivity contribution is 0.282. The van der Waals surface area contributed by atoms with Crippen molar-refractivity contribution in [3.05, 3.63) is 58.4 Å². The second kappa shape index (κ2) is 6.20. The van der Waals surface area contributed by atoms with E-state index in [4.69, 9.17) is 19.8 Å². The maximum atomic E-state index is 12.6. The van der Waals surface area contributed by atoms with E-state index in [1.165, 1.54) is 24.5 Å². The average Bonchev–Trinajstić information content (AvgIpc) is 2.55. The molecule has 25 heavy (non-hydrogen) atoms. The van der Waals surface area contributed by atoms with Gasteiger partial charge in [-0.15, -0.1) is 0 Å².